The van der Waals surface area contributed by atoms with Crippen LogP contribution in [0.1, 0.15) is 0 Å². The van der Waals surface area contributed by atoms with E-state index in [-0.39, 0.29) is 0 Å². The molecule has 0 saturated heterocycles. The number of halogens is 1. The smallest absolute Gasteiger partial charge is 0.197 e. The lowest BCUT2D eigenvalue weighted by Gasteiger charge is -2.02. The molecule has 13 heavy (non-hydrogen) atoms. The van der Waals surface area contributed by atoms with Crippen molar-refractivity contribution in [3.63, 3.8) is 0 Å². The molecule has 0 aliphatic heterocycles. The number of anilines is 1. The number of pyridine rings is 1. The van der Waals surface area contributed by atoms with Gasteiger partial charge in [-0.25, -0.2) is 4.98 Å². The average molecular weight is 287 g/mol. The molecule has 5 nitrogen and oxygen atoms in total. The Hall–Kier alpha value is -1.18. The van der Waals surface area contributed by atoms with Crippen molar-refractivity contribution in [1.82, 2.24) is 20.0 Å². The SMILES string of the molecule is Nc1cc(I)cnc1-n1nccn1. The summed E-state index contributed by atoms with van der Waals surface area (Å²) in [6, 6.07) is 1.83. The van der Waals surface area contributed by atoms with Crippen LogP contribution in [-0.4, -0.2) is 20.0 Å². The van der Waals surface area contributed by atoms with Gasteiger partial charge in [0.2, 0.25) is 0 Å². The number of nitrogens with two attached hydrogens (primary N) is 1. The van der Waals surface area contributed by atoms with Crippen LogP contribution < -0.4 is 5.73 Å². The van der Waals surface area contributed by atoms with Crippen molar-refractivity contribution in [3.8, 4) is 5.82 Å². The normalized spacial score (nSPS) is 10.2. The Labute approximate surface area is 88.1 Å². The molecule has 2 rings (SSSR count). The second-order valence-electron chi connectivity index (χ2n) is 2.38. The summed E-state index contributed by atoms with van der Waals surface area (Å²) < 4.78 is 0.992. The second-order valence-corrected chi connectivity index (χ2v) is 3.63. The van der Waals surface area contributed by atoms with Crippen molar-refractivity contribution < 1.29 is 0 Å². The van der Waals surface area contributed by atoms with E-state index in [2.05, 4.69) is 37.8 Å². The fourth-order valence-electron chi connectivity index (χ4n) is 0.940. The maximum absolute atomic E-state index is 5.74. The van der Waals surface area contributed by atoms with Crippen molar-refractivity contribution in [2.45, 2.75) is 0 Å². The summed E-state index contributed by atoms with van der Waals surface area (Å²) >= 11 is 2.15. The van der Waals surface area contributed by atoms with Gasteiger partial charge in [0.05, 0.1) is 18.1 Å². The number of hydrogen-bond acceptors (Lipinski definition) is 4. The van der Waals surface area contributed by atoms with Gasteiger partial charge in [0.15, 0.2) is 5.82 Å². The number of rotatable bonds is 1. The first-order valence-corrected chi connectivity index (χ1v) is 4.63. The lowest BCUT2D eigenvalue weighted by Crippen LogP contribution is -2.05. The van der Waals surface area contributed by atoms with E-state index in [4.69, 9.17) is 5.73 Å². The van der Waals surface area contributed by atoms with Crippen LogP contribution in [0.3, 0.4) is 0 Å². The van der Waals surface area contributed by atoms with Crippen molar-refractivity contribution in [2.24, 2.45) is 0 Å². The standard InChI is InChI=1S/C7H6IN5/c8-5-3-6(9)7(10-4-5)13-11-1-2-12-13/h1-4H,9H2. The van der Waals surface area contributed by atoms with Gasteiger partial charge in [0.1, 0.15) is 0 Å². The molecule has 0 aromatic carbocycles. The zero-order valence-electron chi connectivity index (χ0n) is 6.55. The Balaban J connectivity index is 2.53. The highest BCUT2D eigenvalue weighted by Crippen LogP contribution is 2.14. The van der Waals surface area contributed by atoms with Crippen LogP contribution in [0.5, 0.6) is 0 Å². The molecular formula is C7H6IN5. The van der Waals surface area contributed by atoms with Crippen LogP contribution in [-0.2, 0) is 0 Å². The molecule has 2 heterocycles. The largest absolute Gasteiger partial charge is 0.396 e. The maximum atomic E-state index is 5.74. The van der Waals surface area contributed by atoms with Gasteiger partial charge in [-0.1, -0.05) is 0 Å². The molecule has 2 aromatic rings. The van der Waals surface area contributed by atoms with Gasteiger partial charge in [-0.15, -0.1) is 4.80 Å². The van der Waals surface area contributed by atoms with Crippen LogP contribution in [0.2, 0.25) is 0 Å². The number of nitrogens with zero attached hydrogens (tertiary/aromatic N) is 4. The third-order valence-electron chi connectivity index (χ3n) is 1.47. The lowest BCUT2D eigenvalue weighted by atomic mass is 10.4. The van der Waals surface area contributed by atoms with Crippen molar-refractivity contribution in [1.29, 1.82) is 0 Å². The Morgan fingerprint density at radius 2 is 2.00 bits per heavy atom. The molecule has 2 aromatic heterocycles. The van der Waals surface area contributed by atoms with E-state index >= 15 is 0 Å². The highest BCUT2D eigenvalue weighted by Gasteiger charge is 2.04. The third kappa shape index (κ3) is 1.62. The van der Waals surface area contributed by atoms with E-state index in [9.17, 15) is 0 Å². The summed E-state index contributed by atoms with van der Waals surface area (Å²) in [4.78, 5) is 5.52. The average Bonchev–Trinajstić information content (AvgIpc) is 2.56. The molecule has 0 atom stereocenters. The quantitative estimate of drug-likeness (QED) is 0.789. The topological polar surface area (TPSA) is 69.6 Å². The van der Waals surface area contributed by atoms with Crippen LogP contribution >= 0.6 is 22.6 Å². The summed E-state index contributed by atoms with van der Waals surface area (Å²) in [6.45, 7) is 0. The molecule has 0 saturated carbocycles. The molecule has 0 spiro atoms. The number of hydrogen-bond donors (Lipinski definition) is 1. The maximum Gasteiger partial charge on any atom is 0.197 e. The number of aromatic nitrogens is 4. The van der Waals surface area contributed by atoms with Gasteiger partial charge < -0.3 is 5.73 Å². The highest BCUT2D eigenvalue weighted by atomic mass is 127. The van der Waals surface area contributed by atoms with E-state index in [1.54, 1.807) is 18.6 Å². The molecule has 0 unspecified atom stereocenters. The molecule has 0 radical (unpaired) electrons. The van der Waals surface area contributed by atoms with Crippen molar-refractivity contribution >= 4 is 28.3 Å². The second kappa shape index (κ2) is 3.29. The predicted octanol–water partition coefficient (Wildman–Crippen LogP) is 0.849. The minimum atomic E-state index is 0.561. The molecule has 0 aliphatic carbocycles. The Bertz CT molecular complexity index is 411. The van der Waals surface area contributed by atoms with E-state index < -0.39 is 0 Å². The summed E-state index contributed by atoms with van der Waals surface area (Å²) in [5.41, 5.74) is 6.32. The van der Waals surface area contributed by atoms with Crippen LogP contribution in [0.4, 0.5) is 5.69 Å². The fraction of sp³-hybridized carbons (Fsp3) is 0. The monoisotopic (exact) mass is 287 g/mol. The van der Waals surface area contributed by atoms with Crippen LogP contribution in [0, 0.1) is 3.57 Å². The van der Waals surface area contributed by atoms with E-state index in [0.717, 1.165) is 3.57 Å². The predicted molar refractivity (Wildman–Crippen MR) is 56.3 cm³/mol. The summed E-state index contributed by atoms with van der Waals surface area (Å²) in [5, 5.41) is 7.88. The molecule has 6 heteroatoms. The highest BCUT2D eigenvalue weighted by molar-refractivity contribution is 14.1. The first-order chi connectivity index (χ1) is 6.27. The van der Waals surface area contributed by atoms with Gasteiger partial charge >= 0.3 is 0 Å². The molecule has 0 amide bonds. The first-order valence-electron chi connectivity index (χ1n) is 3.55. The molecule has 0 fully saturated rings. The molecule has 2 N–H and O–H groups in total. The molecule has 66 valence electrons. The Morgan fingerprint density at radius 1 is 1.31 bits per heavy atom. The van der Waals surface area contributed by atoms with Gasteiger partial charge in [-0.05, 0) is 28.7 Å². The van der Waals surface area contributed by atoms with Crippen molar-refractivity contribution in [2.75, 3.05) is 5.73 Å². The summed E-state index contributed by atoms with van der Waals surface area (Å²) in [7, 11) is 0. The minimum absolute atomic E-state index is 0.561. The summed E-state index contributed by atoms with van der Waals surface area (Å²) in [6.07, 6.45) is 4.88. The van der Waals surface area contributed by atoms with E-state index in [1.807, 2.05) is 6.07 Å². The Kier molecular flexibility index (Phi) is 2.13. The molecule has 0 aliphatic rings. The van der Waals surface area contributed by atoms with Gasteiger partial charge in [-0.2, -0.15) is 10.2 Å². The zero-order valence-corrected chi connectivity index (χ0v) is 8.71. The number of nitrogen functional groups attached to an aromatic ring is 1. The molecular weight excluding hydrogens is 281 g/mol. The van der Waals surface area contributed by atoms with Crippen molar-refractivity contribution in [3.05, 3.63) is 28.2 Å². The van der Waals surface area contributed by atoms with Crippen LogP contribution in [0.15, 0.2) is 24.7 Å². The van der Waals surface area contributed by atoms with Gasteiger partial charge in [-0.3, -0.25) is 0 Å². The van der Waals surface area contributed by atoms with Gasteiger partial charge in [0, 0.05) is 9.77 Å². The van der Waals surface area contributed by atoms with Crippen LogP contribution in [0.25, 0.3) is 5.82 Å². The first kappa shape index (κ1) is 8.42. The van der Waals surface area contributed by atoms with E-state index in [0.29, 0.717) is 11.5 Å². The van der Waals surface area contributed by atoms with E-state index in [1.165, 1.54) is 4.80 Å². The minimum Gasteiger partial charge on any atom is -0.396 e. The summed E-state index contributed by atoms with van der Waals surface area (Å²) in [5.74, 6) is 0.561. The molecule has 0 bridgehead atoms. The zero-order chi connectivity index (χ0) is 9.26. The van der Waals surface area contributed by atoms with Gasteiger partial charge in [0.25, 0.3) is 0 Å². The fourth-order valence-corrected chi connectivity index (χ4v) is 1.41. The Morgan fingerprint density at radius 3 is 2.62 bits per heavy atom. The third-order valence-corrected chi connectivity index (χ3v) is 2.06. The lowest BCUT2D eigenvalue weighted by molar-refractivity contribution is 0.731.